The summed E-state index contributed by atoms with van der Waals surface area (Å²) in [6.45, 7) is 5.58. The summed E-state index contributed by atoms with van der Waals surface area (Å²) >= 11 is 1.42. The highest BCUT2D eigenvalue weighted by Crippen LogP contribution is 2.39. The second-order valence-corrected chi connectivity index (χ2v) is 8.49. The maximum Gasteiger partial charge on any atom is 0.341 e. The second kappa shape index (κ2) is 9.38. The largest absolute Gasteiger partial charge is 0.459 e. The van der Waals surface area contributed by atoms with Crippen molar-refractivity contribution in [2.75, 3.05) is 5.32 Å². The molecule has 2 atom stereocenters. The Labute approximate surface area is 178 Å². The van der Waals surface area contributed by atoms with E-state index in [1.807, 2.05) is 13.8 Å². The third-order valence-corrected chi connectivity index (χ3v) is 6.51. The average Bonchev–Trinajstić information content (AvgIpc) is 3.33. The number of anilines is 1. The van der Waals surface area contributed by atoms with E-state index >= 15 is 0 Å². The summed E-state index contributed by atoms with van der Waals surface area (Å²) < 4.78 is 6.85. The summed E-state index contributed by atoms with van der Waals surface area (Å²) in [5.74, 6) is -0.784. The number of fused-ring (bicyclic) bond motifs is 1. The number of hydrogen-bond acceptors (Lipinski definition) is 7. The molecule has 0 spiro atoms. The summed E-state index contributed by atoms with van der Waals surface area (Å²) in [6, 6.07) is -0.726. The smallest absolute Gasteiger partial charge is 0.341 e. The van der Waals surface area contributed by atoms with Crippen LogP contribution in [0.1, 0.15) is 73.3 Å². The Morgan fingerprint density at radius 3 is 2.70 bits per heavy atom. The maximum absolute atomic E-state index is 13.0. The third-order valence-electron chi connectivity index (χ3n) is 5.30. The number of aryl methyl sites for hydroxylation is 1. The number of rotatable bonds is 8. The van der Waals surface area contributed by atoms with Crippen LogP contribution in [0.2, 0.25) is 0 Å². The van der Waals surface area contributed by atoms with E-state index in [4.69, 9.17) is 4.74 Å². The van der Waals surface area contributed by atoms with Gasteiger partial charge in [0.05, 0.1) is 16.6 Å². The maximum atomic E-state index is 13.0. The van der Waals surface area contributed by atoms with Gasteiger partial charge in [-0.05, 0) is 51.0 Å². The van der Waals surface area contributed by atoms with Gasteiger partial charge in [-0.25, -0.2) is 4.79 Å². The van der Waals surface area contributed by atoms with Crippen molar-refractivity contribution in [2.24, 2.45) is 0 Å². The van der Waals surface area contributed by atoms with E-state index in [9.17, 15) is 19.7 Å². The van der Waals surface area contributed by atoms with Crippen LogP contribution in [0.3, 0.4) is 0 Å². The number of hydrogen-bond donors (Lipinski definition) is 1. The van der Waals surface area contributed by atoms with Crippen LogP contribution in [0.15, 0.2) is 12.4 Å². The lowest BCUT2D eigenvalue weighted by atomic mass is 9.95. The van der Waals surface area contributed by atoms with E-state index in [-0.39, 0.29) is 17.7 Å². The minimum absolute atomic E-state index is 0.175. The van der Waals surface area contributed by atoms with Crippen LogP contribution in [0.25, 0.3) is 0 Å². The molecule has 1 N–H and O–H groups in total. The highest BCUT2D eigenvalue weighted by Gasteiger charge is 2.30. The van der Waals surface area contributed by atoms with Gasteiger partial charge in [0.15, 0.2) is 0 Å². The van der Waals surface area contributed by atoms with Crippen molar-refractivity contribution in [2.45, 2.75) is 71.4 Å². The average molecular weight is 435 g/mol. The Bertz CT molecular complexity index is 951. The van der Waals surface area contributed by atoms with Crippen LogP contribution in [-0.4, -0.2) is 32.7 Å². The molecule has 0 bridgehead atoms. The number of esters is 1. The zero-order chi connectivity index (χ0) is 21.8. The summed E-state index contributed by atoms with van der Waals surface area (Å²) in [4.78, 5) is 37.4. The minimum atomic E-state index is -0.726. The quantitative estimate of drug-likeness (QED) is 0.377. The number of carbonyl (C=O) groups is 2. The molecule has 3 rings (SSSR count). The molecule has 0 radical (unpaired) electrons. The Kier molecular flexibility index (Phi) is 6.86. The van der Waals surface area contributed by atoms with Crippen molar-refractivity contribution in [1.29, 1.82) is 0 Å². The predicted molar refractivity (Wildman–Crippen MR) is 113 cm³/mol. The molecule has 0 aliphatic heterocycles. The van der Waals surface area contributed by atoms with E-state index < -0.39 is 16.9 Å². The van der Waals surface area contributed by atoms with Gasteiger partial charge in [-0.1, -0.05) is 13.8 Å². The molecular weight excluding hydrogens is 408 g/mol. The Morgan fingerprint density at radius 1 is 1.33 bits per heavy atom. The van der Waals surface area contributed by atoms with Gasteiger partial charge in [0.1, 0.15) is 23.4 Å². The first-order valence-corrected chi connectivity index (χ1v) is 11.0. The van der Waals surface area contributed by atoms with E-state index in [1.165, 1.54) is 22.2 Å². The van der Waals surface area contributed by atoms with Crippen molar-refractivity contribution in [3.05, 3.63) is 38.5 Å². The van der Waals surface area contributed by atoms with Crippen molar-refractivity contribution in [3.63, 3.8) is 0 Å². The lowest BCUT2D eigenvalue weighted by Crippen LogP contribution is -2.26. The zero-order valence-corrected chi connectivity index (χ0v) is 18.2. The Hall–Kier alpha value is -2.75. The standard InChI is InChI=1S/C20H26N4O5S/c1-4-12(3)29-20(26)17-14-8-6-7-9-16(14)30-19(17)22-18(25)15(5-2)23-11-13(10-21-23)24(27)28/h10-12,15H,4-9H2,1-3H3,(H,22,25). The second-order valence-electron chi connectivity index (χ2n) is 7.39. The number of carbonyl (C=O) groups excluding carboxylic acids is 2. The van der Waals surface area contributed by atoms with Gasteiger partial charge in [-0.2, -0.15) is 5.10 Å². The van der Waals surface area contributed by atoms with E-state index in [0.29, 0.717) is 23.4 Å². The van der Waals surface area contributed by atoms with E-state index in [2.05, 4.69) is 10.4 Å². The highest BCUT2D eigenvalue weighted by molar-refractivity contribution is 7.17. The number of amides is 1. The van der Waals surface area contributed by atoms with Gasteiger partial charge in [-0.3, -0.25) is 19.6 Å². The number of ether oxygens (including phenoxy) is 1. The first-order chi connectivity index (χ1) is 14.3. The topological polar surface area (TPSA) is 116 Å². The molecule has 2 unspecified atom stereocenters. The summed E-state index contributed by atoms with van der Waals surface area (Å²) in [5, 5.41) is 18.3. The third kappa shape index (κ3) is 4.53. The lowest BCUT2D eigenvalue weighted by Gasteiger charge is -2.17. The molecule has 2 aromatic heterocycles. The molecule has 1 aliphatic carbocycles. The van der Waals surface area contributed by atoms with Crippen molar-refractivity contribution < 1.29 is 19.2 Å². The first kappa shape index (κ1) is 21.9. The number of nitro groups is 1. The number of nitrogens with zero attached hydrogens (tertiary/aromatic N) is 3. The molecule has 1 aliphatic rings. The van der Waals surface area contributed by atoms with Gasteiger partial charge in [0.2, 0.25) is 5.91 Å². The van der Waals surface area contributed by atoms with Crippen molar-refractivity contribution >= 4 is 33.9 Å². The molecule has 0 aromatic carbocycles. The lowest BCUT2D eigenvalue weighted by molar-refractivity contribution is -0.385. The van der Waals surface area contributed by atoms with Gasteiger partial charge in [0.25, 0.3) is 0 Å². The molecule has 0 fully saturated rings. The van der Waals surface area contributed by atoms with Crippen LogP contribution >= 0.6 is 11.3 Å². The van der Waals surface area contributed by atoms with E-state index in [1.54, 1.807) is 6.92 Å². The summed E-state index contributed by atoms with van der Waals surface area (Å²) in [7, 11) is 0. The number of thiophene rings is 1. The Morgan fingerprint density at radius 2 is 2.07 bits per heavy atom. The van der Waals surface area contributed by atoms with Gasteiger partial charge >= 0.3 is 11.7 Å². The highest BCUT2D eigenvalue weighted by atomic mass is 32.1. The number of nitrogens with one attached hydrogen (secondary N) is 1. The molecule has 1 amide bonds. The van der Waals surface area contributed by atoms with Crippen LogP contribution < -0.4 is 5.32 Å². The molecule has 9 nitrogen and oxygen atoms in total. The molecule has 0 saturated heterocycles. The minimum Gasteiger partial charge on any atom is -0.459 e. The monoisotopic (exact) mass is 434 g/mol. The summed E-state index contributed by atoms with van der Waals surface area (Å²) in [6.07, 6.45) is 6.95. The van der Waals surface area contributed by atoms with Crippen LogP contribution in [0.4, 0.5) is 10.7 Å². The number of aromatic nitrogens is 2. The van der Waals surface area contributed by atoms with Gasteiger partial charge in [0, 0.05) is 4.88 Å². The predicted octanol–water partition coefficient (Wildman–Crippen LogP) is 4.28. The van der Waals surface area contributed by atoms with Crippen molar-refractivity contribution in [3.8, 4) is 0 Å². The fourth-order valence-electron chi connectivity index (χ4n) is 3.48. The van der Waals surface area contributed by atoms with Gasteiger partial charge < -0.3 is 10.1 Å². The Balaban J connectivity index is 1.88. The SMILES string of the molecule is CCC(C)OC(=O)c1c(NC(=O)C(CC)n2cc([N+](=O)[O-])cn2)sc2c1CCCC2. The molecule has 0 saturated carbocycles. The molecule has 162 valence electrons. The zero-order valence-electron chi connectivity index (χ0n) is 17.3. The van der Waals surface area contributed by atoms with Gasteiger partial charge in [-0.15, -0.1) is 11.3 Å². The molecule has 2 aromatic rings. The fraction of sp³-hybridized carbons (Fsp3) is 0.550. The molecular formula is C20H26N4O5S. The van der Waals surface area contributed by atoms with Crippen molar-refractivity contribution in [1.82, 2.24) is 9.78 Å². The normalized spacial score (nSPS) is 15.2. The van der Waals surface area contributed by atoms with Crippen LogP contribution in [0.5, 0.6) is 0 Å². The molecule has 10 heteroatoms. The fourth-order valence-corrected chi connectivity index (χ4v) is 4.76. The molecule has 2 heterocycles. The first-order valence-electron chi connectivity index (χ1n) is 10.2. The molecule has 30 heavy (non-hydrogen) atoms. The van der Waals surface area contributed by atoms with Crippen LogP contribution in [0, 0.1) is 10.1 Å². The van der Waals surface area contributed by atoms with Crippen LogP contribution in [-0.2, 0) is 22.4 Å². The van der Waals surface area contributed by atoms with E-state index in [0.717, 1.165) is 42.3 Å². The summed E-state index contributed by atoms with van der Waals surface area (Å²) in [5.41, 5.74) is 1.24.